The van der Waals surface area contributed by atoms with E-state index < -0.39 is 0 Å². The number of nitrogens with zero attached hydrogens (tertiary/aromatic N) is 4. The Morgan fingerprint density at radius 1 is 1.46 bits per heavy atom. The number of rotatable bonds is 2. The normalized spacial score (nSPS) is 17.3. The van der Waals surface area contributed by atoms with Crippen molar-refractivity contribution in [3.05, 3.63) is 50.0 Å². The quantitative estimate of drug-likeness (QED) is 0.650. The zero-order valence-corrected chi connectivity index (χ0v) is 15.9. The first-order chi connectivity index (χ1) is 11.6. The Morgan fingerprint density at radius 3 is 3.08 bits per heavy atom. The van der Waals surface area contributed by atoms with E-state index in [-0.39, 0.29) is 11.9 Å². The summed E-state index contributed by atoms with van der Waals surface area (Å²) in [7, 11) is 0. The van der Waals surface area contributed by atoms with Gasteiger partial charge in [-0.15, -0.1) is 11.3 Å². The molecular formula is C17H17BrN4OS. The predicted molar refractivity (Wildman–Crippen MR) is 97.5 cm³/mol. The Hall–Kier alpha value is -1.73. The van der Waals surface area contributed by atoms with Gasteiger partial charge in [-0.1, -0.05) is 6.92 Å². The minimum absolute atomic E-state index is 0.00567. The van der Waals surface area contributed by atoms with Gasteiger partial charge in [0.2, 0.25) is 0 Å². The number of carbonyl (C=O) groups excluding carboxylic acids is 1. The summed E-state index contributed by atoms with van der Waals surface area (Å²) >= 11 is 5.16. The summed E-state index contributed by atoms with van der Waals surface area (Å²) < 4.78 is 2.51. The van der Waals surface area contributed by atoms with Gasteiger partial charge in [0.05, 0.1) is 6.04 Å². The molecule has 0 spiro atoms. The SMILES string of the molecule is CCc1cc(C(=O)N2CCc3sccc3C2C)nc2cc(Br)nn12. The summed E-state index contributed by atoms with van der Waals surface area (Å²) in [5.41, 5.74) is 3.45. The maximum absolute atomic E-state index is 13.1. The van der Waals surface area contributed by atoms with E-state index in [0.717, 1.165) is 29.7 Å². The molecular weight excluding hydrogens is 388 g/mol. The Kier molecular flexibility index (Phi) is 3.92. The van der Waals surface area contributed by atoms with E-state index in [1.165, 1.54) is 10.4 Å². The second-order valence-corrected chi connectivity index (χ2v) is 7.76. The van der Waals surface area contributed by atoms with E-state index in [9.17, 15) is 4.79 Å². The Morgan fingerprint density at radius 2 is 2.29 bits per heavy atom. The molecule has 1 aliphatic heterocycles. The van der Waals surface area contributed by atoms with Crippen LogP contribution in [0.15, 0.2) is 28.2 Å². The first-order valence-corrected chi connectivity index (χ1v) is 9.68. The van der Waals surface area contributed by atoms with E-state index in [1.807, 2.05) is 17.0 Å². The lowest BCUT2D eigenvalue weighted by Crippen LogP contribution is -2.38. The summed E-state index contributed by atoms with van der Waals surface area (Å²) in [4.78, 5) is 20.9. The van der Waals surface area contributed by atoms with Gasteiger partial charge < -0.3 is 4.90 Å². The van der Waals surface area contributed by atoms with Crippen LogP contribution in [0.3, 0.4) is 0 Å². The molecule has 0 saturated heterocycles. The van der Waals surface area contributed by atoms with E-state index in [0.29, 0.717) is 11.3 Å². The van der Waals surface area contributed by atoms with Gasteiger partial charge in [0.15, 0.2) is 5.65 Å². The standard InChI is InChI=1S/C17H17BrN4OS/c1-3-11-8-13(19-16-9-15(18)20-22(11)16)17(23)21-6-4-14-12(10(21)2)5-7-24-14/h5,7-10H,3-4,6H2,1-2H3. The molecule has 0 aromatic carbocycles. The summed E-state index contributed by atoms with van der Waals surface area (Å²) in [6.45, 7) is 4.89. The van der Waals surface area contributed by atoms with E-state index in [1.54, 1.807) is 15.9 Å². The van der Waals surface area contributed by atoms with Crippen LogP contribution >= 0.6 is 27.3 Å². The highest BCUT2D eigenvalue weighted by Gasteiger charge is 2.30. The topological polar surface area (TPSA) is 50.5 Å². The smallest absolute Gasteiger partial charge is 0.273 e. The molecule has 1 atom stereocenters. The third kappa shape index (κ3) is 2.46. The maximum Gasteiger partial charge on any atom is 0.273 e. The molecule has 5 nitrogen and oxygen atoms in total. The van der Waals surface area contributed by atoms with Crippen LogP contribution in [-0.2, 0) is 12.8 Å². The van der Waals surface area contributed by atoms with E-state index >= 15 is 0 Å². The first kappa shape index (κ1) is 15.8. The number of aryl methyl sites for hydroxylation is 1. The molecule has 0 radical (unpaired) electrons. The van der Waals surface area contributed by atoms with Gasteiger partial charge in [0, 0.05) is 23.2 Å². The van der Waals surface area contributed by atoms with Crippen LogP contribution in [0.1, 0.15) is 46.5 Å². The molecule has 4 heterocycles. The van der Waals surface area contributed by atoms with E-state index in [4.69, 9.17) is 0 Å². The van der Waals surface area contributed by atoms with Crippen LogP contribution in [0.4, 0.5) is 0 Å². The monoisotopic (exact) mass is 404 g/mol. The molecule has 24 heavy (non-hydrogen) atoms. The first-order valence-electron chi connectivity index (χ1n) is 8.01. The largest absolute Gasteiger partial charge is 0.330 e. The van der Waals surface area contributed by atoms with Gasteiger partial charge in [-0.25, -0.2) is 9.50 Å². The minimum atomic E-state index is -0.00567. The van der Waals surface area contributed by atoms with Gasteiger partial charge in [-0.05, 0) is 58.8 Å². The molecule has 7 heteroatoms. The number of hydrogen-bond donors (Lipinski definition) is 0. The number of aromatic nitrogens is 3. The number of fused-ring (bicyclic) bond motifs is 2. The van der Waals surface area contributed by atoms with Gasteiger partial charge >= 0.3 is 0 Å². The highest BCUT2D eigenvalue weighted by atomic mass is 79.9. The van der Waals surface area contributed by atoms with Crippen molar-refractivity contribution in [2.75, 3.05) is 6.54 Å². The van der Waals surface area contributed by atoms with Crippen LogP contribution in [0, 0.1) is 0 Å². The molecule has 1 aliphatic rings. The molecule has 1 unspecified atom stereocenters. The number of hydrogen-bond acceptors (Lipinski definition) is 4. The van der Waals surface area contributed by atoms with Gasteiger partial charge in [0.1, 0.15) is 10.3 Å². The second kappa shape index (κ2) is 5.97. The Labute approximate surface area is 152 Å². The summed E-state index contributed by atoms with van der Waals surface area (Å²) in [5.74, 6) is -0.00567. The number of carbonyl (C=O) groups is 1. The average Bonchev–Trinajstić information content (AvgIpc) is 3.19. The van der Waals surface area contributed by atoms with Crippen LogP contribution in [-0.4, -0.2) is 31.9 Å². The average molecular weight is 405 g/mol. The predicted octanol–water partition coefficient (Wildman–Crippen LogP) is 3.88. The van der Waals surface area contributed by atoms with Gasteiger partial charge in [-0.2, -0.15) is 5.10 Å². The zero-order valence-electron chi connectivity index (χ0n) is 13.5. The number of thiophene rings is 1. The van der Waals surface area contributed by atoms with Crippen molar-refractivity contribution >= 4 is 38.8 Å². The van der Waals surface area contributed by atoms with Crippen molar-refractivity contribution in [1.29, 1.82) is 0 Å². The molecule has 1 amide bonds. The number of amides is 1. The van der Waals surface area contributed by atoms with Gasteiger partial charge in [0.25, 0.3) is 5.91 Å². The fourth-order valence-electron chi connectivity index (χ4n) is 3.30. The van der Waals surface area contributed by atoms with Crippen LogP contribution in [0.2, 0.25) is 0 Å². The molecule has 0 saturated carbocycles. The molecule has 3 aromatic rings. The molecule has 0 aliphatic carbocycles. The molecule has 124 valence electrons. The lowest BCUT2D eigenvalue weighted by molar-refractivity contribution is 0.0673. The van der Waals surface area contributed by atoms with Crippen molar-refractivity contribution in [2.24, 2.45) is 0 Å². The van der Waals surface area contributed by atoms with Crippen LogP contribution in [0.25, 0.3) is 5.65 Å². The second-order valence-electron chi connectivity index (χ2n) is 5.95. The summed E-state index contributed by atoms with van der Waals surface area (Å²) in [6, 6.07) is 5.93. The van der Waals surface area contributed by atoms with Crippen molar-refractivity contribution in [2.45, 2.75) is 32.7 Å². The van der Waals surface area contributed by atoms with Crippen molar-refractivity contribution < 1.29 is 4.79 Å². The molecule has 0 N–H and O–H groups in total. The fraction of sp³-hybridized carbons (Fsp3) is 0.353. The Balaban J connectivity index is 1.73. The Bertz CT molecular complexity index is 932. The summed E-state index contributed by atoms with van der Waals surface area (Å²) in [5, 5.41) is 6.49. The zero-order chi connectivity index (χ0) is 16.8. The molecule has 3 aromatic heterocycles. The lowest BCUT2D eigenvalue weighted by Gasteiger charge is -2.33. The van der Waals surface area contributed by atoms with Gasteiger partial charge in [-0.3, -0.25) is 4.79 Å². The molecule has 0 fully saturated rings. The third-order valence-electron chi connectivity index (χ3n) is 4.59. The maximum atomic E-state index is 13.1. The van der Waals surface area contributed by atoms with Crippen LogP contribution < -0.4 is 0 Å². The summed E-state index contributed by atoms with van der Waals surface area (Å²) in [6.07, 6.45) is 1.71. The van der Waals surface area contributed by atoms with Crippen molar-refractivity contribution in [1.82, 2.24) is 19.5 Å². The van der Waals surface area contributed by atoms with Crippen LogP contribution in [0.5, 0.6) is 0 Å². The highest BCUT2D eigenvalue weighted by Crippen LogP contribution is 2.33. The van der Waals surface area contributed by atoms with Crippen molar-refractivity contribution in [3.63, 3.8) is 0 Å². The highest BCUT2D eigenvalue weighted by molar-refractivity contribution is 9.10. The minimum Gasteiger partial charge on any atom is -0.330 e. The van der Waals surface area contributed by atoms with Crippen molar-refractivity contribution in [3.8, 4) is 0 Å². The number of halogens is 1. The molecule has 0 bridgehead atoms. The van der Waals surface area contributed by atoms with E-state index in [2.05, 4.69) is 51.3 Å². The fourth-order valence-corrected chi connectivity index (χ4v) is 4.63. The molecule has 4 rings (SSSR count). The third-order valence-corrected chi connectivity index (χ3v) is 5.97. The lowest BCUT2D eigenvalue weighted by atomic mass is 10.0.